The fourth-order valence-electron chi connectivity index (χ4n) is 4.07. The smallest absolute Gasteiger partial charge is 0.480 e. The number of halogens is 5. The number of unbranched alkanes of at least 4 members (excludes halogenated alkanes) is 1. The van der Waals surface area contributed by atoms with Gasteiger partial charge in [-0.2, -0.15) is 13.2 Å². The Hall–Kier alpha value is -3.49. The minimum absolute atomic E-state index is 0.122. The van der Waals surface area contributed by atoms with Crippen LogP contribution in [0.4, 0.5) is 26.7 Å². The number of amides is 3. The number of carbonyl (C=O) groups is 4. The number of carbonyl (C=O) groups excluding carboxylic acids is 2. The lowest BCUT2D eigenvalue weighted by molar-refractivity contribution is -0.192. The van der Waals surface area contributed by atoms with Gasteiger partial charge in [0.05, 0.1) is 0 Å². The molecule has 0 bridgehead atoms. The van der Waals surface area contributed by atoms with Crippen molar-refractivity contribution in [2.75, 3.05) is 6.54 Å². The number of carboxylic acids is 2. The number of alkyl halides is 3. The highest BCUT2D eigenvalue weighted by Crippen LogP contribution is 2.27. The predicted octanol–water partition coefficient (Wildman–Crippen LogP) is 3.43. The first-order valence-electron chi connectivity index (χ1n) is 12.8. The summed E-state index contributed by atoms with van der Waals surface area (Å²) in [4.78, 5) is 45.7. The Kier molecular flexibility index (Phi) is 14.9. The molecule has 2 atom stereocenters. The number of aliphatic carboxylic acids is 2. The molecule has 0 heterocycles. The third kappa shape index (κ3) is 13.5. The Morgan fingerprint density at radius 3 is 2.10 bits per heavy atom. The lowest BCUT2D eigenvalue weighted by atomic mass is 9.84. The van der Waals surface area contributed by atoms with Crippen molar-refractivity contribution < 1.29 is 51.3 Å². The van der Waals surface area contributed by atoms with E-state index in [1.165, 1.54) is 6.07 Å². The fraction of sp³-hybridized carbons (Fsp3) is 0.600. The van der Waals surface area contributed by atoms with Gasteiger partial charge in [-0.15, -0.1) is 0 Å². The molecule has 0 spiro atoms. The van der Waals surface area contributed by atoms with Crippen molar-refractivity contribution in [2.45, 2.75) is 82.6 Å². The molecule has 0 saturated heterocycles. The van der Waals surface area contributed by atoms with Crippen LogP contribution in [-0.2, 0) is 20.9 Å². The normalized spacial score (nSPS) is 15.2. The molecule has 1 aliphatic carbocycles. The largest absolute Gasteiger partial charge is 0.490 e. The molecule has 226 valence electrons. The molecule has 0 aromatic heterocycles. The number of rotatable bonds is 12. The third-order valence-corrected chi connectivity index (χ3v) is 6.18. The first kappa shape index (κ1) is 34.5. The van der Waals surface area contributed by atoms with E-state index >= 15 is 0 Å². The number of hydrogen-bond donors (Lipinski definition) is 6. The molecule has 1 aliphatic rings. The van der Waals surface area contributed by atoms with E-state index in [4.69, 9.17) is 15.6 Å². The summed E-state index contributed by atoms with van der Waals surface area (Å²) in [5.74, 6) is -5.66. The highest BCUT2D eigenvalue weighted by atomic mass is 19.4. The Balaban J connectivity index is 0.00000101. The van der Waals surface area contributed by atoms with Crippen LogP contribution in [0.15, 0.2) is 18.2 Å². The number of nitrogens with two attached hydrogens (primary N) is 1. The van der Waals surface area contributed by atoms with Crippen LogP contribution in [0, 0.1) is 17.6 Å². The van der Waals surface area contributed by atoms with Crippen LogP contribution in [-0.4, -0.2) is 58.9 Å². The van der Waals surface area contributed by atoms with Crippen molar-refractivity contribution in [2.24, 2.45) is 11.7 Å². The lowest BCUT2D eigenvalue weighted by Gasteiger charge is -2.27. The number of nitrogens with one attached hydrogen (secondary N) is 3. The maximum atomic E-state index is 13.9. The molecule has 3 amide bonds. The Labute approximate surface area is 227 Å². The van der Waals surface area contributed by atoms with E-state index < -0.39 is 53.8 Å². The lowest BCUT2D eigenvalue weighted by Crippen LogP contribution is -2.53. The van der Waals surface area contributed by atoms with Gasteiger partial charge in [-0.25, -0.2) is 23.2 Å². The molecule has 10 nitrogen and oxygen atoms in total. The molecular formula is C25H35F5N4O6. The van der Waals surface area contributed by atoms with E-state index in [0.29, 0.717) is 25.8 Å². The van der Waals surface area contributed by atoms with Gasteiger partial charge in [-0.1, -0.05) is 38.2 Å². The van der Waals surface area contributed by atoms with Gasteiger partial charge in [0.15, 0.2) is 0 Å². The van der Waals surface area contributed by atoms with Crippen LogP contribution in [0.3, 0.4) is 0 Å². The molecule has 0 aliphatic heterocycles. The maximum Gasteiger partial charge on any atom is 0.490 e. The first-order chi connectivity index (χ1) is 18.7. The Morgan fingerprint density at radius 1 is 0.975 bits per heavy atom. The van der Waals surface area contributed by atoms with Crippen molar-refractivity contribution in [1.82, 2.24) is 16.0 Å². The zero-order valence-corrected chi connectivity index (χ0v) is 21.7. The van der Waals surface area contributed by atoms with E-state index in [0.717, 1.165) is 44.2 Å². The summed E-state index contributed by atoms with van der Waals surface area (Å²) in [5.41, 5.74) is 5.56. The van der Waals surface area contributed by atoms with E-state index in [1.807, 2.05) is 0 Å². The van der Waals surface area contributed by atoms with Crippen LogP contribution < -0.4 is 21.7 Å². The van der Waals surface area contributed by atoms with Gasteiger partial charge < -0.3 is 31.9 Å². The van der Waals surface area contributed by atoms with Crippen molar-refractivity contribution in [3.8, 4) is 0 Å². The average molecular weight is 583 g/mol. The molecule has 0 radical (unpaired) electrons. The van der Waals surface area contributed by atoms with Crippen molar-refractivity contribution in [3.05, 3.63) is 35.4 Å². The summed E-state index contributed by atoms with van der Waals surface area (Å²) in [7, 11) is 0. The summed E-state index contributed by atoms with van der Waals surface area (Å²) in [6.45, 7) is 0.267. The standard InChI is InChI=1S/C23H34F2N4O4.C2HF3O2/c24-17-10-9-16(18(25)13-17)14-27-21(30)20(12-15-6-2-1-3-7-15)29-23(33)28-19(22(31)32)8-4-5-11-26;3-2(4,5)1(6)7/h9-10,13,15,19-20H,1-8,11-12,14,26H2,(H,27,30)(H,31,32)(H2,28,29,33);(H,6,7)/t19-,20+;/m0./s1. The summed E-state index contributed by atoms with van der Waals surface area (Å²) in [6.07, 6.45) is 1.84. The zero-order chi connectivity index (χ0) is 30.3. The fourth-order valence-corrected chi connectivity index (χ4v) is 4.07. The summed E-state index contributed by atoms with van der Waals surface area (Å²) in [6, 6.07) is 0.341. The van der Waals surface area contributed by atoms with Gasteiger partial charge >= 0.3 is 24.1 Å². The minimum atomic E-state index is -5.08. The molecule has 1 aromatic carbocycles. The Bertz CT molecular complexity index is 989. The van der Waals surface area contributed by atoms with Gasteiger partial charge in [0.25, 0.3) is 0 Å². The third-order valence-electron chi connectivity index (χ3n) is 6.18. The first-order valence-corrected chi connectivity index (χ1v) is 12.8. The maximum absolute atomic E-state index is 13.9. The quantitative estimate of drug-likeness (QED) is 0.162. The molecule has 7 N–H and O–H groups in total. The molecule has 1 fully saturated rings. The zero-order valence-electron chi connectivity index (χ0n) is 21.7. The van der Waals surface area contributed by atoms with Gasteiger partial charge in [0.2, 0.25) is 5.91 Å². The Morgan fingerprint density at radius 2 is 1.57 bits per heavy atom. The summed E-state index contributed by atoms with van der Waals surface area (Å²) < 4.78 is 58.7. The van der Waals surface area contributed by atoms with Crippen LogP contribution in [0.25, 0.3) is 0 Å². The number of carboxylic acid groups (broad SMARTS) is 2. The molecule has 1 saturated carbocycles. The minimum Gasteiger partial charge on any atom is -0.480 e. The topological polar surface area (TPSA) is 171 Å². The molecular weight excluding hydrogens is 547 g/mol. The monoisotopic (exact) mass is 582 g/mol. The van der Waals surface area contributed by atoms with Gasteiger partial charge in [0.1, 0.15) is 23.7 Å². The second-order valence-electron chi connectivity index (χ2n) is 9.34. The van der Waals surface area contributed by atoms with E-state index in [1.54, 1.807) is 0 Å². The molecule has 40 heavy (non-hydrogen) atoms. The van der Waals surface area contributed by atoms with Crippen molar-refractivity contribution >= 4 is 23.9 Å². The molecule has 1 aromatic rings. The molecule has 15 heteroatoms. The van der Waals surface area contributed by atoms with Crippen LogP contribution >= 0.6 is 0 Å². The van der Waals surface area contributed by atoms with Crippen LogP contribution in [0.1, 0.15) is 63.4 Å². The number of benzene rings is 1. The van der Waals surface area contributed by atoms with Gasteiger partial charge in [-0.3, -0.25) is 4.79 Å². The molecule has 2 rings (SSSR count). The van der Waals surface area contributed by atoms with Crippen molar-refractivity contribution in [3.63, 3.8) is 0 Å². The van der Waals surface area contributed by atoms with Crippen LogP contribution in [0.5, 0.6) is 0 Å². The van der Waals surface area contributed by atoms with Crippen LogP contribution in [0.2, 0.25) is 0 Å². The average Bonchev–Trinajstić information content (AvgIpc) is 2.87. The second-order valence-corrected chi connectivity index (χ2v) is 9.34. The highest BCUT2D eigenvalue weighted by molar-refractivity contribution is 5.88. The summed E-state index contributed by atoms with van der Waals surface area (Å²) >= 11 is 0. The molecule has 0 unspecified atom stereocenters. The number of urea groups is 1. The van der Waals surface area contributed by atoms with Crippen molar-refractivity contribution in [1.29, 1.82) is 0 Å². The van der Waals surface area contributed by atoms with E-state index in [2.05, 4.69) is 16.0 Å². The number of hydrogen-bond acceptors (Lipinski definition) is 5. The highest BCUT2D eigenvalue weighted by Gasteiger charge is 2.38. The van der Waals surface area contributed by atoms with Gasteiger partial charge in [-0.05, 0) is 44.2 Å². The second kappa shape index (κ2) is 17.3. The van der Waals surface area contributed by atoms with E-state index in [-0.39, 0.29) is 24.4 Å². The summed E-state index contributed by atoms with van der Waals surface area (Å²) in [5, 5.41) is 24.1. The van der Waals surface area contributed by atoms with E-state index in [9.17, 15) is 41.4 Å². The SMILES string of the molecule is NCCCC[C@H](NC(=O)N[C@H](CC1CCCCC1)C(=O)NCc1ccc(F)cc1F)C(=O)O.O=C(O)C(F)(F)F. The predicted molar refractivity (Wildman–Crippen MR) is 133 cm³/mol. The van der Waals surface area contributed by atoms with Gasteiger partial charge in [0, 0.05) is 18.2 Å².